The summed E-state index contributed by atoms with van der Waals surface area (Å²) in [5, 5.41) is 7.97. The maximum Gasteiger partial charge on any atom is 0.267 e. The van der Waals surface area contributed by atoms with E-state index >= 15 is 0 Å². The van der Waals surface area contributed by atoms with E-state index in [1.54, 1.807) is 10.7 Å². The van der Waals surface area contributed by atoms with E-state index in [-0.39, 0.29) is 22.5 Å². The zero-order chi connectivity index (χ0) is 17.4. The molecule has 2 saturated carbocycles. The van der Waals surface area contributed by atoms with E-state index < -0.39 is 10.0 Å². The lowest BCUT2D eigenvalue weighted by atomic mass is 9.92. The summed E-state index contributed by atoms with van der Waals surface area (Å²) in [6.45, 7) is 0. The lowest BCUT2D eigenvalue weighted by molar-refractivity contribution is 0.284. The number of aromatic nitrogens is 3. The Morgan fingerprint density at radius 3 is 2.52 bits per heavy atom. The van der Waals surface area contributed by atoms with E-state index in [1.165, 1.54) is 6.20 Å². The highest BCUT2D eigenvalue weighted by Crippen LogP contribution is 2.38. The molecule has 9 heteroatoms. The molecule has 25 heavy (non-hydrogen) atoms. The summed E-state index contributed by atoms with van der Waals surface area (Å²) in [6.07, 6.45) is 7.34. The minimum Gasteiger partial charge on any atom is -0.363 e. The third-order valence-corrected chi connectivity index (χ3v) is 6.39. The van der Waals surface area contributed by atoms with Crippen LogP contribution in [0.1, 0.15) is 56.2 Å². The van der Waals surface area contributed by atoms with Gasteiger partial charge in [0.2, 0.25) is 10.0 Å². The average molecular weight is 364 g/mol. The molecule has 0 bridgehead atoms. The smallest absolute Gasteiger partial charge is 0.267 e. The van der Waals surface area contributed by atoms with Gasteiger partial charge in [-0.3, -0.25) is 4.79 Å². The van der Waals surface area contributed by atoms with Crippen LogP contribution in [0.3, 0.4) is 0 Å². The van der Waals surface area contributed by atoms with Crippen LogP contribution in [0.5, 0.6) is 0 Å². The lowest BCUT2D eigenvalue weighted by Crippen LogP contribution is -2.39. The van der Waals surface area contributed by atoms with E-state index in [2.05, 4.69) is 19.5 Å². The van der Waals surface area contributed by atoms with Crippen LogP contribution in [0.25, 0.3) is 0 Å². The Labute approximate surface area is 145 Å². The molecule has 2 aliphatic carbocycles. The van der Waals surface area contributed by atoms with E-state index in [1.807, 2.05) is 6.07 Å². The SMILES string of the molecule is O=c1ccc(C2CC2)nn1C1CCC(NS(=O)(=O)c2cnoc2)CC1. The van der Waals surface area contributed by atoms with Crippen LogP contribution in [0, 0.1) is 0 Å². The first-order valence-corrected chi connectivity index (χ1v) is 10.0. The topological polar surface area (TPSA) is 107 Å². The highest BCUT2D eigenvalue weighted by Gasteiger charge is 2.30. The first-order chi connectivity index (χ1) is 12.0. The predicted octanol–water partition coefficient (Wildman–Crippen LogP) is 1.57. The van der Waals surface area contributed by atoms with Crippen molar-refractivity contribution < 1.29 is 12.9 Å². The Morgan fingerprint density at radius 1 is 1.12 bits per heavy atom. The van der Waals surface area contributed by atoms with E-state index in [0.29, 0.717) is 18.8 Å². The van der Waals surface area contributed by atoms with Gasteiger partial charge in [0.1, 0.15) is 11.2 Å². The van der Waals surface area contributed by atoms with Crippen molar-refractivity contribution in [3.05, 3.63) is 40.6 Å². The minimum absolute atomic E-state index is 0.0301. The summed E-state index contributed by atoms with van der Waals surface area (Å²) in [5.41, 5.74) is 0.910. The number of sulfonamides is 1. The third kappa shape index (κ3) is 3.52. The Bertz CT molecular complexity index is 894. The Balaban J connectivity index is 1.42. The number of nitrogens with zero attached hydrogens (tertiary/aromatic N) is 3. The fraction of sp³-hybridized carbons (Fsp3) is 0.562. The van der Waals surface area contributed by atoms with Crippen molar-refractivity contribution in [1.29, 1.82) is 0 Å². The van der Waals surface area contributed by atoms with Crippen LogP contribution in [0.15, 0.2) is 38.8 Å². The van der Waals surface area contributed by atoms with Gasteiger partial charge in [0.25, 0.3) is 5.56 Å². The molecule has 0 aromatic carbocycles. The molecule has 0 aliphatic heterocycles. The van der Waals surface area contributed by atoms with Crippen LogP contribution < -0.4 is 10.3 Å². The molecule has 0 amide bonds. The second-order valence-corrected chi connectivity index (χ2v) is 8.52. The monoisotopic (exact) mass is 364 g/mol. The number of rotatable bonds is 5. The third-order valence-electron chi connectivity index (χ3n) is 4.93. The van der Waals surface area contributed by atoms with Gasteiger partial charge in [-0.2, -0.15) is 5.10 Å². The quantitative estimate of drug-likeness (QED) is 0.863. The largest absolute Gasteiger partial charge is 0.363 e. The molecule has 8 nitrogen and oxygen atoms in total. The summed E-state index contributed by atoms with van der Waals surface area (Å²) >= 11 is 0. The molecule has 2 aromatic heterocycles. The highest BCUT2D eigenvalue weighted by atomic mass is 32.2. The number of hydrogen-bond acceptors (Lipinski definition) is 6. The molecule has 0 atom stereocenters. The molecule has 1 N–H and O–H groups in total. The zero-order valence-electron chi connectivity index (χ0n) is 13.7. The molecule has 2 heterocycles. The van der Waals surface area contributed by atoms with Crippen molar-refractivity contribution in [1.82, 2.24) is 19.7 Å². The molecule has 0 saturated heterocycles. The maximum atomic E-state index is 12.2. The zero-order valence-corrected chi connectivity index (χ0v) is 14.5. The van der Waals surface area contributed by atoms with Gasteiger partial charge in [-0.15, -0.1) is 0 Å². The molecule has 0 radical (unpaired) electrons. The van der Waals surface area contributed by atoms with Gasteiger partial charge >= 0.3 is 0 Å². The van der Waals surface area contributed by atoms with E-state index in [0.717, 1.165) is 37.6 Å². The summed E-state index contributed by atoms with van der Waals surface area (Å²) in [4.78, 5) is 12.2. The summed E-state index contributed by atoms with van der Waals surface area (Å²) < 4.78 is 33.3. The van der Waals surface area contributed by atoms with Crippen LogP contribution in [0.2, 0.25) is 0 Å². The molecule has 4 rings (SSSR count). The number of nitrogens with one attached hydrogen (secondary N) is 1. The average Bonchev–Trinajstić information content (AvgIpc) is 3.28. The van der Waals surface area contributed by atoms with Crippen molar-refractivity contribution >= 4 is 10.0 Å². The Morgan fingerprint density at radius 2 is 1.88 bits per heavy atom. The molecule has 2 aliphatic rings. The van der Waals surface area contributed by atoms with Crippen molar-refractivity contribution in [3.63, 3.8) is 0 Å². The molecule has 0 unspecified atom stereocenters. The van der Waals surface area contributed by atoms with Crippen molar-refractivity contribution in [2.45, 2.75) is 61.4 Å². The standard InChI is InChI=1S/C16H20N4O4S/c21-16-8-7-15(11-1-2-11)18-20(16)13-5-3-12(4-6-13)19-25(22,23)14-9-17-24-10-14/h7-13,19H,1-6H2. The first-order valence-electron chi connectivity index (χ1n) is 8.54. The van der Waals surface area contributed by atoms with Gasteiger partial charge in [-0.05, 0) is 44.6 Å². The van der Waals surface area contributed by atoms with Gasteiger partial charge in [-0.1, -0.05) is 5.16 Å². The fourth-order valence-electron chi connectivity index (χ4n) is 3.35. The lowest BCUT2D eigenvalue weighted by Gasteiger charge is -2.29. The van der Waals surface area contributed by atoms with Gasteiger partial charge in [0.15, 0.2) is 0 Å². The van der Waals surface area contributed by atoms with E-state index in [4.69, 9.17) is 0 Å². The molecule has 2 fully saturated rings. The normalized spacial score (nSPS) is 24.3. The molecular weight excluding hydrogens is 344 g/mol. The summed E-state index contributed by atoms with van der Waals surface area (Å²) in [7, 11) is -3.61. The maximum absolute atomic E-state index is 12.2. The highest BCUT2D eigenvalue weighted by molar-refractivity contribution is 7.89. The van der Waals surface area contributed by atoms with Gasteiger partial charge < -0.3 is 4.52 Å². The summed E-state index contributed by atoms with van der Waals surface area (Å²) in [6, 6.07) is 3.30. The predicted molar refractivity (Wildman–Crippen MR) is 88.6 cm³/mol. The van der Waals surface area contributed by atoms with E-state index in [9.17, 15) is 13.2 Å². The second-order valence-electron chi connectivity index (χ2n) is 6.80. The Kier molecular flexibility index (Phi) is 4.20. The van der Waals surface area contributed by atoms with Crippen LogP contribution in [-0.4, -0.2) is 29.4 Å². The van der Waals surface area contributed by atoms with Crippen molar-refractivity contribution in [2.24, 2.45) is 0 Å². The van der Waals surface area contributed by atoms with Crippen LogP contribution in [0.4, 0.5) is 0 Å². The molecular formula is C16H20N4O4S. The van der Waals surface area contributed by atoms with Crippen LogP contribution in [-0.2, 0) is 10.0 Å². The van der Waals surface area contributed by atoms with Gasteiger partial charge in [0.05, 0.1) is 17.9 Å². The van der Waals surface area contributed by atoms with Crippen molar-refractivity contribution in [3.8, 4) is 0 Å². The van der Waals surface area contributed by atoms with Gasteiger partial charge in [-0.25, -0.2) is 17.8 Å². The Hall–Kier alpha value is -2.00. The van der Waals surface area contributed by atoms with Crippen LogP contribution >= 0.6 is 0 Å². The molecule has 134 valence electrons. The fourth-order valence-corrected chi connectivity index (χ4v) is 4.51. The van der Waals surface area contributed by atoms with Crippen molar-refractivity contribution in [2.75, 3.05) is 0 Å². The number of hydrogen-bond donors (Lipinski definition) is 1. The van der Waals surface area contributed by atoms with Gasteiger partial charge in [0, 0.05) is 18.0 Å². The molecule has 0 spiro atoms. The second kappa shape index (κ2) is 6.38. The minimum atomic E-state index is -3.61. The summed E-state index contributed by atoms with van der Waals surface area (Å²) in [5.74, 6) is 0.499. The first kappa shape index (κ1) is 16.5. The molecule has 2 aromatic rings.